The zero-order valence-electron chi connectivity index (χ0n) is 9.46. The van der Waals surface area contributed by atoms with E-state index in [1.165, 1.54) is 5.56 Å². The van der Waals surface area contributed by atoms with Crippen LogP contribution >= 0.6 is 0 Å². The maximum absolute atomic E-state index is 3.96. The van der Waals surface area contributed by atoms with Crippen molar-refractivity contribution in [3.63, 3.8) is 0 Å². The second-order valence-corrected chi connectivity index (χ2v) is 4.59. The SMILES string of the molecule is C=CC(C)(CC(C)C)c1ccccc1. The lowest BCUT2D eigenvalue weighted by molar-refractivity contribution is 0.440. The van der Waals surface area contributed by atoms with Crippen LogP contribution in [0.1, 0.15) is 32.8 Å². The molecule has 0 N–H and O–H groups in total. The fourth-order valence-electron chi connectivity index (χ4n) is 1.99. The summed E-state index contributed by atoms with van der Waals surface area (Å²) in [7, 11) is 0. The van der Waals surface area contributed by atoms with E-state index in [1.807, 2.05) is 0 Å². The van der Waals surface area contributed by atoms with Crippen LogP contribution in [0, 0.1) is 5.92 Å². The zero-order valence-corrected chi connectivity index (χ0v) is 9.46. The van der Waals surface area contributed by atoms with Crippen LogP contribution in [-0.4, -0.2) is 0 Å². The Bertz CT molecular complexity index is 284. The molecule has 1 aromatic rings. The average Bonchev–Trinajstić information content (AvgIpc) is 2.18. The Labute approximate surface area is 87.7 Å². The van der Waals surface area contributed by atoms with Gasteiger partial charge in [-0.1, -0.05) is 57.2 Å². The molecule has 0 aliphatic heterocycles. The van der Waals surface area contributed by atoms with Gasteiger partial charge in [0.2, 0.25) is 0 Å². The van der Waals surface area contributed by atoms with Crippen LogP contribution < -0.4 is 0 Å². The molecule has 0 fully saturated rings. The lowest BCUT2D eigenvalue weighted by Gasteiger charge is -2.28. The van der Waals surface area contributed by atoms with Crippen LogP contribution in [0.2, 0.25) is 0 Å². The standard InChI is InChI=1S/C14H20/c1-5-14(4,11-12(2)3)13-9-7-6-8-10-13/h5-10,12H,1,11H2,2-4H3. The Morgan fingerprint density at radius 1 is 1.29 bits per heavy atom. The Balaban J connectivity index is 2.96. The second-order valence-electron chi connectivity index (χ2n) is 4.59. The smallest absolute Gasteiger partial charge is 0.0103 e. The minimum atomic E-state index is 0.120. The van der Waals surface area contributed by atoms with E-state index in [0.717, 1.165) is 6.42 Å². The van der Waals surface area contributed by atoms with Crippen LogP contribution in [0.25, 0.3) is 0 Å². The first-order chi connectivity index (χ1) is 6.58. The first kappa shape index (κ1) is 11.0. The molecule has 76 valence electrons. The second kappa shape index (κ2) is 4.45. The first-order valence-electron chi connectivity index (χ1n) is 5.27. The normalized spacial score (nSPS) is 15.1. The van der Waals surface area contributed by atoms with Gasteiger partial charge in [-0.3, -0.25) is 0 Å². The fourth-order valence-corrected chi connectivity index (χ4v) is 1.99. The number of allylic oxidation sites excluding steroid dienone is 1. The molecule has 0 spiro atoms. The zero-order chi connectivity index (χ0) is 10.6. The summed E-state index contributed by atoms with van der Waals surface area (Å²) in [5.41, 5.74) is 1.48. The van der Waals surface area contributed by atoms with Gasteiger partial charge in [-0.2, -0.15) is 0 Å². The van der Waals surface area contributed by atoms with Gasteiger partial charge in [-0.15, -0.1) is 6.58 Å². The van der Waals surface area contributed by atoms with Gasteiger partial charge in [0, 0.05) is 5.41 Å². The van der Waals surface area contributed by atoms with E-state index >= 15 is 0 Å². The van der Waals surface area contributed by atoms with Crippen molar-refractivity contribution in [2.75, 3.05) is 0 Å². The predicted molar refractivity (Wildman–Crippen MR) is 63.4 cm³/mol. The highest BCUT2D eigenvalue weighted by molar-refractivity contribution is 5.29. The molecule has 14 heavy (non-hydrogen) atoms. The maximum Gasteiger partial charge on any atom is 0.0103 e. The summed E-state index contributed by atoms with van der Waals surface area (Å²) in [6.45, 7) is 10.7. The highest BCUT2D eigenvalue weighted by Gasteiger charge is 2.23. The number of hydrogen-bond donors (Lipinski definition) is 0. The van der Waals surface area contributed by atoms with Crippen molar-refractivity contribution in [3.05, 3.63) is 48.6 Å². The van der Waals surface area contributed by atoms with Gasteiger partial charge in [0.1, 0.15) is 0 Å². The van der Waals surface area contributed by atoms with Crippen molar-refractivity contribution in [1.29, 1.82) is 0 Å². The van der Waals surface area contributed by atoms with E-state index in [9.17, 15) is 0 Å². The van der Waals surface area contributed by atoms with E-state index in [1.54, 1.807) is 0 Å². The summed E-state index contributed by atoms with van der Waals surface area (Å²) in [4.78, 5) is 0. The van der Waals surface area contributed by atoms with Crippen molar-refractivity contribution in [1.82, 2.24) is 0 Å². The third-order valence-electron chi connectivity index (χ3n) is 2.72. The molecule has 1 aromatic carbocycles. The summed E-state index contributed by atoms with van der Waals surface area (Å²) in [5.74, 6) is 0.693. The molecule has 0 aliphatic rings. The largest absolute Gasteiger partial charge is 0.102 e. The van der Waals surface area contributed by atoms with Crippen LogP contribution in [0.5, 0.6) is 0 Å². The van der Waals surface area contributed by atoms with Crippen molar-refractivity contribution in [3.8, 4) is 0 Å². The van der Waals surface area contributed by atoms with Crippen LogP contribution in [0.4, 0.5) is 0 Å². The molecule has 0 bridgehead atoms. The molecule has 0 aromatic heterocycles. The number of rotatable bonds is 4. The molecular weight excluding hydrogens is 168 g/mol. The first-order valence-corrected chi connectivity index (χ1v) is 5.27. The van der Waals surface area contributed by atoms with E-state index in [0.29, 0.717) is 5.92 Å². The van der Waals surface area contributed by atoms with Crippen LogP contribution in [-0.2, 0) is 5.41 Å². The van der Waals surface area contributed by atoms with Gasteiger partial charge in [-0.05, 0) is 17.9 Å². The topological polar surface area (TPSA) is 0 Å². The monoisotopic (exact) mass is 188 g/mol. The molecule has 0 nitrogen and oxygen atoms in total. The van der Waals surface area contributed by atoms with Gasteiger partial charge in [-0.25, -0.2) is 0 Å². The number of hydrogen-bond acceptors (Lipinski definition) is 0. The van der Waals surface area contributed by atoms with Crippen molar-refractivity contribution in [2.24, 2.45) is 5.92 Å². The highest BCUT2D eigenvalue weighted by Crippen LogP contribution is 2.31. The maximum atomic E-state index is 3.96. The molecule has 1 rings (SSSR count). The Kier molecular flexibility index (Phi) is 3.51. The minimum absolute atomic E-state index is 0.120. The summed E-state index contributed by atoms with van der Waals surface area (Å²) >= 11 is 0. The van der Waals surface area contributed by atoms with Crippen molar-refractivity contribution < 1.29 is 0 Å². The molecule has 1 atom stereocenters. The van der Waals surface area contributed by atoms with Gasteiger partial charge in [0.15, 0.2) is 0 Å². The average molecular weight is 188 g/mol. The molecular formula is C14H20. The quantitative estimate of drug-likeness (QED) is 0.622. The van der Waals surface area contributed by atoms with Crippen LogP contribution in [0.15, 0.2) is 43.0 Å². The lowest BCUT2D eigenvalue weighted by atomic mass is 9.76. The van der Waals surface area contributed by atoms with Crippen molar-refractivity contribution >= 4 is 0 Å². The van der Waals surface area contributed by atoms with E-state index in [-0.39, 0.29) is 5.41 Å². The molecule has 0 aliphatic carbocycles. The predicted octanol–water partition coefficient (Wildman–Crippen LogP) is 4.18. The molecule has 0 saturated carbocycles. The van der Waals surface area contributed by atoms with Gasteiger partial charge in [0.25, 0.3) is 0 Å². The summed E-state index contributed by atoms with van der Waals surface area (Å²) in [6.07, 6.45) is 3.23. The van der Waals surface area contributed by atoms with Crippen molar-refractivity contribution in [2.45, 2.75) is 32.6 Å². The third kappa shape index (κ3) is 2.47. The van der Waals surface area contributed by atoms with Crippen LogP contribution in [0.3, 0.4) is 0 Å². The van der Waals surface area contributed by atoms with Gasteiger partial charge < -0.3 is 0 Å². The van der Waals surface area contributed by atoms with Gasteiger partial charge in [0.05, 0.1) is 0 Å². The van der Waals surface area contributed by atoms with E-state index in [2.05, 4.69) is 63.8 Å². The fraction of sp³-hybridized carbons (Fsp3) is 0.429. The minimum Gasteiger partial charge on any atom is -0.102 e. The number of benzene rings is 1. The summed E-state index contributed by atoms with van der Waals surface area (Å²) < 4.78 is 0. The molecule has 0 radical (unpaired) electrons. The summed E-state index contributed by atoms with van der Waals surface area (Å²) in [6, 6.07) is 10.6. The highest BCUT2D eigenvalue weighted by atomic mass is 14.3. The molecule has 0 heterocycles. The lowest BCUT2D eigenvalue weighted by Crippen LogP contribution is -2.20. The molecule has 0 saturated heterocycles. The molecule has 0 amide bonds. The summed E-state index contributed by atoms with van der Waals surface area (Å²) in [5, 5.41) is 0. The third-order valence-corrected chi connectivity index (χ3v) is 2.72. The Morgan fingerprint density at radius 2 is 1.86 bits per heavy atom. The van der Waals surface area contributed by atoms with Gasteiger partial charge >= 0.3 is 0 Å². The van der Waals surface area contributed by atoms with E-state index < -0.39 is 0 Å². The molecule has 1 unspecified atom stereocenters. The Morgan fingerprint density at radius 3 is 2.29 bits per heavy atom. The Hall–Kier alpha value is -1.04. The van der Waals surface area contributed by atoms with E-state index in [4.69, 9.17) is 0 Å². The molecule has 0 heteroatoms.